The highest BCUT2D eigenvalue weighted by Crippen LogP contribution is 2.22. The summed E-state index contributed by atoms with van der Waals surface area (Å²) in [5, 5.41) is 9.04. The molecular formula is C10H13N3O3. The van der Waals surface area contributed by atoms with Crippen molar-refractivity contribution >= 4 is 11.8 Å². The number of anilines is 1. The third kappa shape index (κ3) is 1.96. The third-order valence-corrected chi connectivity index (χ3v) is 2.78. The van der Waals surface area contributed by atoms with Crippen molar-refractivity contribution in [3.63, 3.8) is 0 Å². The van der Waals surface area contributed by atoms with Crippen LogP contribution < -0.4 is 4.90 Å². The van der Waals surface area contributed by atoms with Crippen molar-refractivity contribution in [2.24, 2.45) is 5.92 Å². The highest BCUT2D eigenvalue weighted by molar-refractivity contribution is 5.72. The van der Waals surface area contributed by atoms with Gasteiger partial charge in [-0.2, -0.15) is 0 Å². The quantitative estimate of drug-likeness (QED) is 0.778. The van der Waals surface area contributed by atoms with Crippen molar-refractivity contribution in [2.75, 3.05) is 25.2 Å². The Hall–Kier alpha value is -1.69. The van der Waals surface area contributed by atoms with Gasteiger partial charge in [0, 0.05) is 19.4 Å². The average molecular weight is 223 g/mol. The van der Waals surface area contributed by atoms with Crippen LogP contribution in [0.1, 0.15) is 0 Å². The number of nitrogens with zero attached hydrogens (tertiary/aromatic N) is 3. The molecule has 1 N–H and O–H groups in total. The molecule has 6 nitrogen and oxygen atoms in total. The first-order chi connectivity index (χ1) is 7.70. The van der Waals surface area contributed by atoms with Gasteiger partial charge in [-0.05, 0) is 0 Å². The Labute approximate surface area is 92.9 Å². The van der Waals surface area contributed by atoms with Crippen LogP contribution in [0, 0.1) is 5.92 Å². The van der Waals surface area contributed by atoms with Crippen LogP contribution in [0.2, 0.25) is 0 Å². The SMILES string of the molecule is CN(c1cnccn1)C1COCC1C(=O)O. The minimum Gasteiger partial charge on any atom is -0.481 e. The zero-order valence-corrected chi connectivity index (χ0v) is 8.91. The van der Waals surface area contributed by atoms with Crippen molar-refractivity contribution < 1.29 is 14.6 Å². The Kier molecular flexibility index (Phi) is 3.00. The summed E-state index contributed by atoms with van der Waals surface area (Å²) in [7, 11) is 1.80. The lowest BCUT2D eigenvalue weighted by atomic mass is 10.0. The van der Waals surface area contributed by atoms with Gasteiger partial charge in [0.05, 0.1) is 25.5 Å². The standard InChI is InChI=1S/C10H13N3O3/c1-13(9-4-11-2-3-12-9)8-6-16-5-7(8)10(14)15/h2-4,7-8H,5-6H2,1H3,(H,14,15). The van der Waals surface area contributed by atoms with Gasteiger partial charge in [-0.25, -0.2) is 4.98 Å². The first-order valence-corrected chi connectivity index (χ1v) is 4.99. The highest BCUT2D eigenvalue weighted by atomic mass is 16.5. The van der Waals surface area contributed by atoms with Crippen molar-refractivity contribution in [3.05, 3.63) is 18.6 Å². The lowest BCUT2D eigenvalue weighted by Crippen LogP contribution is -2.41. The predicted octanol–water partition coefficient (Wildman–Crippen LogP) is 0.0124. The van der Waals surface area contributed by atoms with Gasteiger partial charge in [0.15, 0.2) is 0 Å². The molecule has 0 aliphatic carbocycles. The van der Waals surface area contributed by atoms with E-state index in [1.807, 2.05) is 0 Å². The lowest BCUT2D eigenvalue weighted by Gasteiger charge is -2.26. The number of ether oxygens (including phenoxy) is 1. The van der Waals surface area contributed by atoms with E-state index in [0.29, 0.717) is 12.4 Å². The van der Waals surface area contributed by atoms with E-state index in [4.69, 9.17) is 9.84 Å². The van der Waals surface area contributed by atoms with Crippen LogP contribution >= 0.6 is 0 Å². The molecule has 86 valence electrons. The summed E-state index contributed by atoms with van der Waals surface area (Å²) in [4.78, 5) is 20.9. The molecule has 1 aromatic heterocycles. The predicted molar refractivity (Wildman–Crippen MR) is 56.2 cm³/mol. The zero-order valence-electron chi connectivity index (χ0n) is 8.91. The minimum absolute atomic E-state index is 0.186. The summed E-state index contributed by atoms with van der Waals surface area (Å²) in [6.07, 6.45) is 4.77. The van der Waals surface area contributed by atoms with Gasteiger partial charge in [0.2, 0.25) is 0 Å². The molecule has 2 rings (SSSR count). The van der Waals surface area contributed by atoms with Crippen LogP contribution in [0.5, 0.6) is 0 Å². The van der Waals surface area contributed by atoms with Crippen LogP contribution in [-0.2, 0) is 9.53 Å². The molecule has 1 aromatic rings. The van der Waals surface area contributed by atoms with Crippen LogP contribution in [-0.4, -0.2) is 47.3 Å². The Morgan fingerprint density at radius 2 is 2.38 bits per heavy atom. The second-order valence-corrected chi connectivity index (χ2v) is 3.72. The normalized spacial score (nSPS) is 24.3. The maximum absolute atomic E-state index is 11.0. The minimum atomic E-state index is -0.835. The molecule has 0 bridgehead atoms. The van der Waals surface area contributed by atoms with E-state index in [2.05, 4.69) is 9.97 Å². The summed E-state index contributed by atoms with van der Waals surface area (Å²) in [5.74, 6) is -0.686. The van der Waals surface area contributed by atoms with Gasteiger partial charge in [-0.3, -0.25) is 9.78 Å². The fraction of sp³-hybridized carbons (Fsp3) is 0.500. The van der Waals surface area contributed by atoms with E-state index in [1.54, 1.807) is 30.5 Å². The summed E-state index contributed by atoms with van der Waals surface area (Å²) in [6, 6.07) is -0.186. The number of rotatable bonds is 3. The van der Waals surface area contributed by atoms with E-state index < -0.39 is 11.9 Å². The van der Waals surface area contributed by atoms with Gasteiger partial charge < -0.3 is 14.7 Å². The number of carbonyl (C=O) groups is 1. The Morgan fingerprint density at radius 3 is 3.00 bits per heavy atom. The van der Waals surface area contributed by atoms with Crippen LogP contribution in [0.15, 0.2) is 18.6 Å². The monoisotopic (exact) mass is 223 g/mol. The van der Waals surface area contributed by atoms with Gasteiger partial charge in [-0.1, -0.05) is 0 Å². The van der Waals surface area contributed by atoms with Crippen LogP contribution in [0.4, 0.5) is 5.82 Å². The van der Waals surface area contributed by atoms with Gasteiger partial charge >= 0.3 is 5.97 Å². The summed E-state index contributed by atoms with van der Waals surface area (Å²) >= 11 is 0. The van der Waals surface area contributed by atoms with Gasteiger partial charge in [-0.15, -0.1) is 0 Å². The molecule has 0 aromatic carbocycles. The molecule has 1 fully saturated rings. The molecule has 1 aliphatic rings. The molecule has 1 saturated heterocycles. The zero-order chi connectivity index (χ0) is 11.5. The number of likely N-dealkylation sites (N-methyl/N-ethyl adjacent to an activating group) is 1. The van der Waals surface area contributed by atoms with E-state index in [-0.39, 0.29) is 12.6 Å². The molecule has 2 atom stereocenters. The van der Waals surface area contributed by atoms with Crippen molar-refractivity contribution in [1.82, 2.24) is 9.97 Å². The second kappa shape index (κ2) is 4.44. The second-order valence-electron chi connectivity index (χ2n) is 3.72. The smallest absolute Gasteiger partial charge is 0.311 e. The molecule has 0 saturated carbocycles. The molecule has 6 heteroatoms. The number of carboxylic acid groups (broad SMARTS) is 1. The van der Waals surface area contributed by atoms with Crippen LogP contribution in [0.25, 0.3) is 0 Å². The van der Waals surface area contributed by atoms with E-state index in [9.17, 15) is 4.79 Å². The van der Waals surface area contributed by atoms with Crippen molar-refractivity contribution in [2.45, 2.75) is 6.04 Å². The Morgan fingerprint density at radius 1 is 1.56 bits per heavy atom. The maximum Gasteiger partial charge on any atom is 0.311 e. The fourth-order valence-electron chi connectivity index (χ4n) is 1.80. The number of aliphatic carboxylic acids is 1. The first-order valence-electron chi connectivity index (χ1n) is 4.99. The van der Waals surface area contributed by atoms with Gasteiger partial charge in [0.1, 0.15) is 11.7 Å². The third-order valence-electron chi connectivity index (χ3n) is 2.78. The molecule has 2 unspecified atom stereocenters. The number of carboxylic acids is 1. The number of hydrogen-bond acceptors (Lipinski definition) is 5. The molecule has 2 heterocycles. The van der Waals surface area contributed by atoms with E-state index >= 15 is 0 Å². The summed E-state index contributed by atoms with van der Waals surface area (Å²) in [6.45, 7) is 0.661. The molecule has 0 radical (unpaired) electrons. The Bertz CT molecular complexity index is 371. The topological polar surface area (TPSA) is 75.5 Å². The van der Waals surface area contributed by atoms with Crippen molar-refractivity contribution in [3.8, 4) is 0 Å². The molecule has 0 spiro atoms. The van der Waals surface area contributed by atoms with Gasteiger partial charge in [0.25, 0.3) is 0 Å². The van der Waals surface area contributed by atoms with E-state index in [1.165, 1.54) is 0 Å². The molecular weight excluding hydrogens is 210 g/mol. The van der Waals surface area contributed by atoms with Crippen molar-refractivity contribution in [1.29, 1.82) is 0 Å². The molecule has 1 aliphatic heterocycles. The molecule has 0 amide bonds. The van der Waals surface area contributed by atoms with E-state index in [0.717, 1.165) is 0 Å². The fourth-order valence-corrected chi connectivity index (χ4v) is 1.80. The number of aromatic nitrogens is 2. The highest BCUT2D eigenvalue weighted by Gasteiger charge is 2.37. The largest absolute Gasteiger partial charge is 0.481 e. The molecule has 16 heavy (non-hydrogen) atoms. The van der Waals surface area contributed by atoms with Crippen LogP contribution in [0.3, 0.4) is 0 Å². The average Bonchev–Trinajstić information content (AvgIpc) is 2.78. The first kappa shape index (κ1) is 10.8. The Balaban J connectivity index is 2.15. The lowest BCUT2D eigenvalue weighted by molar-refractivity contribution is -0.141. The number of hydrogen-bond donors (Lipinski definition) is 1. The maximum atomic E-state index is 11.0. The summed E-state index contributed by atoms with van der Waals surface area (Å²) < 4.78 is 5.20. The summed E-state index contributed by atoms with van der Waals surface area (Å²) in [5.41, 5.74) is 0.